The molecule has 2 aromatic carbocycles. The van der Waals surface area contributed by atoms with E-state index in [-0.39, 0.29) is 52.3 Å². The maximum absolute atomic E-state index is 13.6. The summed E-state index contributed by atoms with van der Waals surface area (Å²) < 4.78 is 0. The Morgan fingerprint density at radius 2 is 1.59 bits per heavy atom. The molecule has 2 aromatic rings. The quantitative estimate of drug-likeness (QED) is 0.281. The van der Waals surface area contributed by atoms with Gasteiger partial charge in [0.2, 0.25) is 11.8 Å². The number of nitrogens with zero attached hydrogens (tertiary/aromatic N) is 3. The maximum Gasteiger partial charge on any atom is 0.282 e. The van der Waals surface area contributed by atoms with Crippen LogP contribution in [0.2, 0.25) is 5.02 Å². The lowest BCUT2D eigenvalue weighted by molar-refractivity contribution is -0.385. The molecular weight excluding hydrogens is 458 g/mol. The summed E-state index contributed by atoms with van der Waals surface area (Å²) in [6, 6.07) is 12.1. The normalized spacial score (nSPS) is 30.2. The highest BCUT2D eigenvalue weighted by Gasteiger charge is 2.67. The maximum atomic E-state index is 13.6. The summed E-state index contributed by atoms with van der Waals surface area (Å²) in [6.45, 7) is -0.353. The highest BCUT2D eigenvalue weighted by molar-refractivity contribution is 6.34. The zero-order chi connectivity index (χ0) is 23.7. The molecule has 0 N–H and O–H groups in total. The Labute approximate surface area is 199 Å². The molecule has 5 aliphatic rings. The summed E-state index contributed by atoms with van der Waals surface area (Å²) in [5.41, 5.74) is -0.238. The van der Waals surface area contributed by atoms with E-state index in [1.54, 1.807) is 24.3 Å². The molecule has 8 nitrogen and oxygen atoms in total. The minimum Gasteiger partial charge on any atom is -0.288 e. The molecule has 4 aliphatic carbocycles. The van der Waals surface area contributed by atoms with Crippen molar-refractivity contribution in [3.8, 4) is 0 Å². The summed E-state index contributed by atoms with van der Waals surface area (Å²) in [4.78, 5) is 53.9. The Bertz CT molecular complexity index is 1260. The van der Waals surface area contributed by atoms with Gasteiger partial charge in [-0.25, -0.2) is 0 Å². The molecule has 9 heteroatoms. The lowest BCUT2D eigenvalue weighted by Crippen LogP contribution is -2.45. The van der Waals surface area contributed by atoms with Crippen LogP contribution in [0.3, 0.4) is 0 Å². The molecule has 7 rings (SSSR count). The topological polar surface area (TPSA) is 101 Å². The van der Waals surface area contributed by atoms with Crippen LogP contribution in [0.1, 0.15) is 16.8 Å². The second kappa shape index (κ2) is 7.50. The van der Waals surface area contributed by atoms with Gasteiger partial charge in [-0.05, 0) is 48.3 Å². The second-order valence-corrected chi connectivity index (χ2v) is 9.77. The van der Waals surface area contributed by atoms with Crippen molar-refractivity contribution < 1.29 is 19.3 Å². The lowest BCUT2D eigenvalue weighted by Gasteiger charge is -2.37. The van der Waals surface area contributed by atoms with Gasteiger partial charge in [0.25, 0.3) is 11.6 Å². The number of nitro benzene ring substituents is 1. The zero-order valence-electron chi connectivity index (χ0n) is 17.9. The van der Waals surface area contributed by atoms with E-state index in [1.807, 2.05) is 0 Å². The average molecular weight is 478 g/mol. The number of imide groups is 1. The molecule has 2 bridgehead atoms. The molecule has 6 unspecified atom stereocenters. The Kier molecular flexibility index (Phi) is 4.64. The van der Waals surface area contributed by atoms with Gasteiger partial charge in [-0.2, -0.15) is 0 Å². The number of amides is 3. The number of carbonyl (C=O) groups is 3. The highest BCUT2D eigenvalue weighted by atomic mass is 35.5. The monoisotopic (exact) mass is 477 g/mol. The first-order valence-electron chi connectivity index (χ1n) is 11.2. The first-order chi connectivity index (χ1) is 16.4. The van der Waals surface area contributed by atoms with Crippen molar-refractivity contribution in [3.63, 3.8) is 0 Å². The molecule has 0 radical (unpaired) electrons. The number of para-hydroxylation sites is 2. The van der Waals surface area contributed by atoms with Crippen LogP contribution >= 0.6 is 11.6 Å². The van der Waals surface area contributed by atoms with Gasteiger partial charge in [-0.3, -0.25) is 34.3 Å². The summed E-state index contributed by atoms with van der Waals surface area (Å²) in [7, 11) is 0. The molecule has 3 fully saturated rings. The summed E-state index contributed by atoms with van der Waals surface area (Å²) in [5.74, 6) is -1.05. The summed E-state index contributed by atoms with van der Waals surface area (Å²) >= 11 is 6.39. The van der Waals surface area contributed by atoms with E-state index in [0.717, 1.165) is 11.3 Å². The number of likely N-dealkylation sites (tertiary alicyclic amines) is 1. The number of allylic oxidation sites excluding steroid dienone is 2. The van der Waals surface area contributed by atoms with Crippen molar-refractivity contribution in [1.82, 2.24) is 4.90 Å². The summed E-state index contributed by atoms with van der Waals surface area (Å²) in [6.07, 6.45) is 5.22. The van der Waals surface area contributed by atoms with Crippen molar-refractivity contribution in [3.05, 3.63) is 81.4 Å². The minimum atomic E-state index is -0.709. The van der Waals surface area contributed by atoms with Crippen LogP contribution < -0.4 is 4.90 Å². The fourth-order valence-corrected chi connectivity index (χ4v) is 6.42. The Hall–Kier alpha value is -3.52. The van der Waals surface area contributed by atoms with Crippen molar-refractivity contribution in [2.24, 2.45) is 35.5 Å². The van der Waals surface area contributed by atoms with Crippen LogP contribution in [-0.2, 0) is 9.59 Å². The number of nitro groups is 1. The van der Waals surface area contributed by atoms with Crippen molar-refractivity contribution in [1.29, 1.82) is 0 Å². The van der Waals surface area contributed by atoms with E-state index in [9.17, 15) is 24.5 Å². The van der Waals surface area contributed by atoms with Crippen LogP contribution in [0.5, 0.6) is 0 Å². The van der Waals surface area contributed by atoms with Crippen LogP contribution in [0, 0.1) is 45.6 Å². The molecule has 6 atom stereocenters. The molecule has 0 aromatic heterocycles. The molecular formula is C25H20ClN3O5. The SMILES string of the molecule is O=C1C2C3C=CC(C4CC34)C2C(=O)N1CN(C(=O)c1ccccc1[N+](=O)[O-])c1ccccc1Cl. The third kappa shape index (κ3) is 2.94. The average Bonchev–Trinajstić information content (AvgIpc) is 3.63. The first kappa shape index (κ1) is 21.0. The fraction of sp³-hybridized carbons (Fsp3) is 0.320. The Balaban J connectivity index is 1.38. The van der Waals surface area contributed by atoms with Crippen LogP contribution in [0.25, 0.3) is 0 Å². The molecule has 3 amide bonds. The largest absolute Gasteiger partial charge is 0.288 e. The van der Waals surface area contributed by atoms with Crippen LogP contribution in [-0.4, -0.2) is 34.2 Å². The first-order valence-corrected chi connectivity index (χ1v) is 11.6. The second-order valence-electron chi connectivity index (χ2n) is 9.36. The predicted molar refractivity (Wildman–Crippen MR) is 123 cm³/mol. The van der Waals surface area contributed by atoms with Gasteiger partial charge in [-0.1, -0.05) is 48.0 Å². The van der Waals surface area contributed by atoms with Crippen LogP contribution in [0.4, 0.5) is 11.4 Å². The molecule has 172 valence electrons. The summed E-state index contributed by atoms with van der Waals surface area (Å²) in [5, 5.41) is 11.8. The van der Waals surface area contributed by atoms with Crippen LogP contribution in [0.15, 0.2) is 60.7 Å². The van der Waals surface area contributed by atoms with Crippen molar-refractivity contribution >= 4 is 40.7 Å². The number of halogens is 1. The van der Waals surface area contributed by atoms with E-state index in [4.69, 9.17) is 11.6 Å². The number of hydrogen-bond acceptors (Lipinski definition) is 5. The third-order valence-electron chi connectivity index (χ3n) is 7.76. The zero-order valence-corrected chi connectivity index (χ0v) is 18.7. The van der Waals surface area contributed by atoms with Gasteiger partial charge in [0.1, 0.15) is 12.2 Å². The fourth-order valence-electron chi connectivity index (χ4n) is 6.18. The van der Waals surface area contributed by atoms with Gasteiger partial charge >= 0.3 is 0 Å². The molecule has 2 saturated carbocycles. The van der Waals surface area contributed by atoms with Gasteiger partial charge in [0.15, 0.2) is 0 Å². The van der Waals surface area contributed by atoms with Gasteiger partial charge < -0.3 is 0 Å². The smallest absolute Gasteiger partial charge is 0.282 e. The van der Waals surface area contributed by atoms with E-state index in [1.165, 1.54) is 29.2 Å². The molecule has 1 heterocycles. The lowest BCUT2D eigenvalue weighted by atomic mass is 9.63. The molecule has 34 heavy (non-hydrogen) atoms. The van der Waals surface area contributed by atoms with Crippen molar-refractivity contribution in [2.45, 2.75) is 6.42 Å². The number of anilines is 1. The number of carbonyl (C=O) groups excluding carboxylic acids is 3. The molecule has 0 spiro atoms. The Morgan fingerprint density at radius 1 is 1.00 bits per heavy atom. The van der Waals surface area contributed by atoms with Gasteiger partial charge in [-0.15, -0.1) is 0 Å². The number of rotatable bonds is 5. The Morgan fingerprint density at radius 3 is 2.21 bits per heavy atom. The molecule has 1 aliphatic heterocycles. The highest BCUT2D eigenvalue weighted by Crippen LogP contribution is 2.65. The van der Waals surface area contributed by atoms with Gasteiger partial charge in [0.05, 0.1) is 27.5 Å². The molecule has 1 saturated heterocycles. The third-order valence-corrected chi connectivity index (χ3v) is 8.08. The number of benzene rings is 2. The van der Waals surface area contributed by atoms with E-state index in [0.29, 0.717) is 11.8 Å². The number of hydrogen-bond donors (Lipinski definition) is 0. The van der Waals surface area contributed by atoms with E-state index < -0.39 is 22.7 Å². The predicted octanol–water partition coefficient (Wildman–Crippen LogP) is 3.91. The standard InChI is InChI=1S/C25H20ClN3O5/c26-18-6-2-4-8-20(18)27(23(30)15-5-1-3-7-19(15)29(33)34)12-28-24(31)21-13-9-10-14(17-11-16(13)17)22(21)25(28)32/h1-10,13-14,16-17,21-22H,11-12H2. The van der Waals surface area contributed by atoms with E-state index >= 15 is 0 Å². The minimum absolute atomic E-state index is 0.0566. The van der Waals surface area contributed by atoms with Gasteiger partial charge in [0, 0.05) is 6.07 Å². The van der Waals surface area contributed by atoms with E-state index in [2.05, 4.69) is 12.2 Å². The van der Waals surface area contributed by atoms with Crippen molar-refractivity contribution in [2.75, 3.05) is 11.6 Å².